The number of amides is 4. The van der Waals surface area contributed by atoms with E-state index in [1.807, 2.05) is 34.1 Å². The van der Waals surface area contributed by atoms with Crippen LogP contribution in [0.3, 0.4) is 0 Å². The molecule has 4 amide bonds. The molecule has 2 aromatic rings. The maximum Gasteiger partial charge on any atom is 0.410 e. The van der Waals surface area contributed by atoms with Crippen molar-refractivity contribution in [2.75, 3.05) is 51.1 Å². The number of phenolic OH excluding ortho intramolecular Hbond substituents is 1. The maximum atomic E-state index is 13.8. The third-order valence-corrected chi connectivity index (χ3v) is 9.80. The van der Waals surface area contributed by atoms with Crippen molar-refractivity contribution in [1.82, 2.24) is 19.6 Å². The summed E-state index contributed by atoms with van der Waals surface area (Å²) in [5.74, 6) is -0.228. The van der Waals surface area contributed by atoms with E-state index in [1.54, 1.807) is 17.0 Å². The molecule has 44 heavy (non-hydrogen) atoms. The number of piperazine rings is 1. The SMILES string of the molecule is [B]c1cc(C[C@@H](OC(=O)N2CCC(N3CCc4ccccc4NC3=O)CC2)C(=O)N2CCN(C3CCCC3)CC2)ccc1O. The topological polar surface area (TPSA) is 106 Å². The molecule has 3 aliphatic heterocycles. The molecule has 1 atom stereocenters. The van der Waals surface area contributed by atoms with Gasteiger partial charge in [-0.05, 0) is 55.4 Å². The highest BCUT2D eigenvalue weighted by Gasteiger charge is 2.36. The lowest BCUT2D eigenvalue weighted by Gasteiger charge is -2.40. The van der Waals surface area contributed by atoms with Gasteiger partial charge in [-0.25, -0.2) is 9.59 Å². The van der Waals surface area contributed by atoms with E-state index in [9.17, 15) is 19.5 Å². The molecular weight excluding hydrogens is 557 g/mol. The number of likely N-dealkylation sites (tertiary alicyclic amines) is 1. The number of ether oxygens (including phenoxy) is 1. The summed E-state index contributed by atoms with van der Waals surface area (Å²) in [6, 6.07) is 13.2. The first-order valence-corrected chi connectivity index (χ1v) is 16.1. The van der Waals surface area contributed by atoms with Crippen molar-refractivity contribution in [2.24, 2.45) is 0 Å². The molecule has 6 rings (SSSR count). The molecule has 0 spiro atoms. The summed E-state index contributed by atoms with van der Waals surface area (Å²) in [5, 5.41) is 12.9. The van der Waals surface area contributed by atoms with Crippen LogP contribution in [0.25, 0.3) is 0 Å². The summed E-state index contributed by atoms with van der Waals surface area (Å²) in [4.78, 5) is 48.1. The highest BCUT2D eigenvalue weighted by atomic mass is 16.6. The Morgan fingerprint density at radius 1 is 0.909 bits per heavy atom. The Bertz CT molecular complexity index is 1350. The fourth-order valence-electron chi connectivity index (χ4n) is 7.20. The van der Waals surface area contributed by atoms with Crippen LogP contribution in [-0.4, -0.2) is 115 Å². The minimum absolute atomic E-state index is 0.0157. The number of rotatable bonds is 6. The van der Waals surface area contributed by atoms with Gasteiger partial charge in [0, 0.05) is 70.0 Å². The largest absolute Gasteiger partial charge is 0.509 e. The normalized spacial score (nSPS) is 21.0. The number of carbonyl (C=O) groups is 3. The van der Waals surface area contributed by atoms with Gasteiger partial charge in [-0.1, -0.05) is 48.6 Å². The standard InChI is InChI=1S/C33H42BN5O5/c34-27-21-23(9-10-29(27)40)22-30(31(41)37-19-17-36(18-20-37)25-6-2-3-7-25)44-33(43)38-14-12-26(13-15-38)39-16-11-24-5-1-4-8-28(24)35-32(39)42/h1,4-5,8-10,21,25-26,30,40H,2-3,6-7,11-20,22H2,(H,35,42)/t30-/m1/s1. The van der Waals surface area contributed by atoms with Gasteiger partial charge in [0.1, 0.15) is 13.6 Å². The molecule has 10 nitrogen and oxygen atoms in total. The van der Waals surface area contributed by atoms with Gasteiger partial charge in [-0.2, -0.15) is 0 Å². The van der Waals surface area contributed by atoms with Gasteiger partial charge in [0.15, 0.2) is 6.10 Å². The Kier molecular flexibility index (Phi) is 9.30. The zero-order chi connectivity index (χ0) is 30.6. The van der Waals surface area contributed by atoms with E-state index < -0.39 is 12.2 Å². The van der Waals surface area contributed by atoms with E-state index >= 15 is 0 Å². The van der Waals surface area contributed by atoms with Crippen molar-refractivity contribution in [3.63, 3.8) is 0 Å². The lowest BCUT2D eigenvalue weighted by atomic mass is 9.91. The summed E-state index contributed by atoms with van der Waals surface area (Å²) in [7, 11) is 5.93. The highest BCUT2D eigenvalue weighted by molar-refractivity contribution is 6.34. The molecule has 2 aromatic carbocycles. The molecule has 232 valence electrons. The van der Waals surface area contributed by atoms with Gasteiger partial charge < -0.3 is 29.9 Å². The van der Waals surface area contributed by atoms with Crippen LogP contribution >= 0.6 is 0 Å². The fraction of sp³-hybridized carbons (Fsp3) is 0.545. The number of benzene rings is 2. The van der Waals surface area contributed by atoms with Crippen LogP contribution in [0.4, 0.5) is 15.3 Å². The molecule has 0 unspecified atom stereocenters. The van der Waals surface area contributed by atoms with Gasteiger partial charge >= 0.3 is 12.1 Å². The predicted octanol–water partition coefficient (Wildman–Crippen LogP) is 2.88. The predicted molar refractivity (Wildman–Crippen MR) is 168 cm³/mol. The number of nitrogens with one attached hydrogen (secondary N) is 1. The molecule has 11 heteroatoms. The smallest absolute Gasteiger partial charge is 0.410 e. The number of aromatic hydroxyl groups is 1. The first kappa shape index (κ1) is 30.3. The van der Waals surface area contributed by atoms with Crippen LogP contribution in [0.5, 0.6) is 5.75 Å². The monoisotopic (exact) mass is 599 g/mol. The van der Waals surface area contributed by atoms with Crippen LogP contribution in [0, 0.1) is 0 Å². The van der Waals surface area contributed by atoms with E-state index in [-0.39, 0.29) is 35.6 Å². The fourth-order valence-corrected chi connectivity index (χ4v) is 7.20. The summed E-state index contributed by atoms with van der Waals surface area (Å²) in [5.41, 5.74) is 2.90. The number of hydrogen-bond acceptors (Lipinski definition) is 6. The second-order valence-electron chi connectivity index (χ2n) is 12.5. The van der Waals surface area contributed by atoms with Crippen molar-refractivity contribution >= 4 is 37.0 Å². The van der Waals surface area contributed by atoms with Crippen molar-refractivity contribution in [2.45, 2.75) is 69.6 Å². The molecule has 0 aromatic heterocycles. The third-order valence-electron chi connectivity index (χ3n) is 9.80. The van der Waals surface area contributed by atoms with Crippen LogP contribution in [0.15, 0.2) is 42.5 Å². The number of phenols is 1. The number of hydrogen-bond donors (Lipinski definition) is 2. The summed E-state index contributed by atoms with van der Waals surface area (Å²) in [6.07, 6.45) is 5.68. The minimum atomic E-state index is -1.00. The number of anilines is 1. The molecule has 0 bridgehead atoms. The van der Waals surface area contributed by atoms with Crippen molar-refractivity contribution in [3.05, 3.63) is 53.6 Å². The molecule has 2 radical (unpaired) electrons. The van der Waals surface area contributed by atoms with Crippen molar-refractivity contribution < 1.29 is 24.2 Å². The van der Waals surface area contributed by atoms with Gasteiger partial charge in [0.05, 0.1) is 0 Å². The highest BCUT2D eigenvalue weighted by Crippen LogP contribution is 2.26. The van der Waals surface area contributed by atoms with Crippen LogP contribution in [0.1, 0.15) is 49.7 Å². The lowest BCUT2D eigenvalue weighted by molar-refractivity contribution is -0.143. The van der Waals surface area contributed by atoms with Crippen molar-refractivity contribution in [3.8, 4) is 5.75 Å². The first-order valence-electron chi connectivity index (χ1n) is 16.1. The van der Waals surface area contributed by atoms with Crippen molar-refractivity contribution in [1.29, 1.82) is 0 Å². The second-order valence-corrected chi connectivity index (χ2v) is 12.5. The van der Waals surface area contributed by atoms with E-state index in [0.29, 0.717) is 57.2 Å². The number of urea groups is 1. The van der Waals surface area contributed by atoms with Gasteiger partial charge in [-0.15, -0.1) is 0 Å². The summed E-state index contributed by atoms with van der Waals surface area (Å²) in [6.45, 7) is 4.36. The number of para-hydroxylation sites is 1. The zero-order valence-corrected chi connectivity index (χ0v) is 25.3. The van der Waals surface area contributed by atoms with E-state index in [4.69, 9.17) is 12.6 Å². The third kappa shape index (κ3) is 6.82. The summed E-state index contributed by atoms with van der Waals surface area (Å²) >= 11 is 0. The van der Waals surface area contributed by atoms with Gasteiger partial charge in [-0.3, -0.25) is 9.69 Å². The molecule has 1 saturated carbocycles. The summed E-state index contributed by atoms with van der Waals surface area (Å²) < 4.78 is 5.96. The number of nitrogens with zero attached hydrogens (tertiary/aromatic N) is 4. The molecule has 2 saturated heterocycles. The Labute approximate surface area is 260 Å². The number of fused-ring (bicyclic) bond motifs is 1. The second kappa shape index (κ2) is 13.5. The van der Waals surface area contributed by atoms with Gasteiger partial charge in [0.25, 0.3) is 5.91 Å². The lowest BCUT2D eigenvalue weighted by Crippen LogP contribution is -2.55. The average molecular weight is 600 g/mol. The molecule has 3 heterocycles. The quantitative estimate of drug-likeness (QED) is 0.495. The minimum Gasteiger partial charge on any atom is -0.509 e. The number of piperidine rings is 1. The van der Waals surface area contributed by atoms with Crippen LogP contribution in [0.2, 0.25) is 0 Å². The molecule has 1 aliphatic carbocycles. The van der Waals surface area contributed by atoms with E-state index in [1.165, 1.54) is 31.7 Å². The maximum absolute atomic E-state index is 13.8. The van der Waals surface area contributed by atoms with E-state index in [2.05, 4.69) is 10.2 Å². The van der Waals surface area contributed by atoms with Gasteiger partial charge in [0.2, 0.25) is 0 Å². The Morgan fingerprint density at radius 3 is 2.36 bits per heavy atom. The van der Waals surface area contributed by atoms with Crippen LogP contribution < -0.4 is 10.8 Å². The number of carbonyl (C=O) groups excluding carboxylic acids is 3. The zero-order valence-electron chi connectivity index (χ0n) is 25.3. The first-order chi connectivity index (χ1) is 21.4. The molecule has 3 fully saturated rings. The Balaban J connectivity index is 1.07. The molecular formula is C33H42BN5O5. The van der Waals surface area contributed by atoms with Crippen LogP contribution in [-0.2, 0) is 22.4 Å². The molecule has 4 aliphatic rings. The molecule has 2 N–H and O–H groups in total. The Morgan fingerprint density at radius 2 is 1.64 bits per heavy atom. The average Bonchev–Trinajstić information content (AvgIpc) is 3.53. The Hall–Kier alpha value is -3.73. The van der Waals surface area contributed by atoms with E-state index in [0.717, 1.165) is 30.8 Å².